The van der Waals surface area contributed by atoms with E-state index >= 15 is 0 Å². The second-order valence-corrected chi connectivity index (χ2v) is 8.65. The van der Waals surface area contributed by atoms with Crippen molar-refractivity contribution in [3.63, 3.8) is 0 Å². The van der Waals surface area contributed by atoms with Gasteiger partial charge in [0.05, 0.1) is 10.2 Å². The normalized spacial score (nSPS) is 11.2. The number of carbonyl (C=O) groups is 2. The number of carbonyl (C=O) groups excluding carboxylic acids is 2. The maximum absolute atomic E-state index is 13.3. The summed E-state index contributed by atoms with van der Waals surface area (Å²) < 4.78 is 1.11. The summed E-state index contributed by atoms with van der Waals surface area (Å²) in [5.74, 6) is -0.101. The van der Waals surface area contributed by atoms with E-state index in [2.05, 4.69) is 30.9 Å². The van der Waals surface area contributed by atoms with E-state index in [-0.39, 0.29) is 11.7 Å². The number of hydrogen-bond acceptors (Lipinski definition) is 5. The molecule has 1 aromatic heterocycles. The molecule has 0 aliphatic carbocycles. The minimum absolute atomic E-state index is 0.0103. The van der Waals surface area contributed by atoms with Gasteiger partial charge in [-0.2, -0.15) is 0 Å². The molecular weight excluding hydrogens is 382 g/mol. The Labute approximate surface area is 176 Å². The number of amides is 1. The number of anilines is 1. The second kappa shape index (κ2) is 8.84. The predicted octanol–water partition coefficient (Wildman–Crippen LogP) is 4.71. The fraction of sp³-hybridized carbons (Fsp3) is 0.348. The van der Waals surface area contributed by atoms with Crippen molar-refractivity contribution in [3.05, 3.63) is 58.7 Å². The fourth-order valence-corrected chi connectivity index (χ4v) is 4.35. The predicted molar refractivity (Wildman–Crippen MR) is 120 cm³/mol. The molecule has 0 aliphatic rings. The highest BCUT2D eigenvalue weighted by molar-refractivity contribution is 7.22. The SMILES string of the molecule is CC(=O)c1ccc(C(=O)N(CCCN(C)C)c2nc3cc(C)cc(C)c3s2)cc1. The summed E-state index contributed by atoms with van der Waals surface area (Å²) in [6.45, 7) is 7.13. The van der Waals surface area contributed by atoms with Crippen molar-refractivity contribution in [1.82, 2.24) is 9.88 Å². The first-order chi connectivity index (χ1) is 13.8. The minimum atomic E-state index is -0.0905. The zero-order valence-electron chi connectivity index (χ0n) is 17.7. The minimum Gasteiger partial charge on any atom is -0.309 e. The summed E-state index contributed by atoms with van der Waals surface area (Å²) in [7, 11) is 4.05. The van der Waals surface area contributed by atoms with Crippen LogP contribution in [0.5, 0.6) is 0 Å². The molecule has 0 aliphatic heterocycles. The Bertz CT molecular complexity index is 1040. The number of benzene rings is 2. The molecule has 0 saturated carbocycles. The lowest BCUT2D eigenvalue weighted by Crippen LogP contribution is -2.33. The molecule has 0 radical (unpaired) electrons. The lowest BCUT2D eigenvalue weighted by atomic mass is 10.1. The summed E-state index contributed by atoms with van der Waals surface area (Å²) in [4.78, 5) is 33.5. The molecule has 1 heterocycles. The third-order valence-corrected chi connectivity index (χ3v) is 6.04. The maximum atomic E-state index is 13.3. The van der Waals surface area contributed by atoms with Crippen molar-refractivity contribution in [2.24, 2.45) is 0 Å². The van der Waals surface area contributed by atoms with Gasteiger partial charge >= 0.3 is 0 Å². The van der Waals surface area contributed by atoms with Gasteiger partial charge in [-0.3, -0.25) is 14.5 Å². The number of ketones is 1. The van der Waals surface area contributed by atoms with Crippen LogP contribution in [0.1, 0.15) is 45.2 Å². The van der Waals surface area contributed by atoms with Crippen molar-refractivity contribution in [2.45, 2.75) is 27.2 Å². The number of rotatable bonds is 7. The number of fused-ring (bicyclic) bond motifs is 1. The number of thiazole rings is 1. The number of aryl methyl sites for hydroxylation is 2. The summed E-state index contributed by atoms with van der Waals surface area (Å²) in [6.07, 6.45) is 0.845. The molecule has 0 bridgehead atoms. The van der Waals surface area contributed by atoms with Crippen LogP contribution in [0.3, 0.4) is 0 Å². The van der Waals surface area contributed by atoms with E-state index < -0.39 is 0 Å². The molecule has 3 rings (SSSR count). The van der Waals surface area contributed by atoms with Gasteiger partial charge in [0.1, 0.15) is 0 Å². The average Bonchev–Trinajstić information content (AvgIpc) is 3.08. The molecule has 0 unspecified atom stereocenters. The molecule has 5 nitrogen and oxygen atoms in total. The topological polar surface area (TPSA) is 53.5 Å². The first-order valence-electron chi connectivity index (χ1n) is 9.71. The van der Waals surface area contributed by atoms with E-state index in [1.54, 1.807) is 40.5 Å². The van der Waals surface area contributed by atoms with Crippen LogP contribution in [-0.4, -0.2) is 48.8 Å². The van der Waals surface area contributed by atoms with Crippen LogP contribution in [0.2, 0.25) is 0 Å². The molecule has 2 aromatic carbocycles. The highest BCUT2D eigenvalue weighted by Crippen LogP contribution is 2.33. The van der Waals surface area contributed by atoms with E-state index in [9.17, 15) is 9.59 Å². The molecule has 0 spiro atoms. The van der Waals surface area contributed by atoms with Gasteiger partial charge in [-0.05, 0) is 77.2 Å². The van der Waals surface area contributed by atoms with Crippen LogP contribution in [0.4, 0.5) is 5.13 Å². The lowest BCUT2D eigenvalue weighted by molar-refractivity contribution is 0.0981. The lowest BCUT2D eigenvalue weighted by Gasteiger charge is -2.21. The number of nitrogens with zero attached hydrogens (tertiary/aromatic N) is 3. The third-order valence-electron chi connectivity index (χ3n) is 4.81. The van der Waals surface area contributed by atoms with E-state index in [0.717, 1.165) is 28.7 Å². The average molecular weight is 410 g/mol. The quantitative estimate of drug-likeness (QED) is 0.530. The van der Waals surface area contributed by atoms with Crippen molar-refractivity contribution < 1.29 is 9.59 Å². The number of aromatic nitrogens is 1. The molecular formula is C23H27N3O2S. The Kier molecular flexibility index (Phi) is 6.45. The van der Waals surface area contributed by atoms with Crippen LogP contribution >= 0.6 is 11.3 Å². The summed E-state index contributed by atoms with van der Waals surface area (Å²) in [5.41, 5.74) is 4.44. The Morgan fingerprint density at radius 2 is 1.66 bits per heavy atom. The fourth-order valence-electron chi connectivity index (χ4n) is 3.31. The van der Waals surface area contributed by atoms with Gasteiger partial charge in [-0.1, -0.05) is 29.5 Å². The highest BCUT2D eigenvalue weighted by Gasteiger charge is 2.22. The largest absolute Gasteiger partial charge is 0.309 e. The van der Waals surface area contributed by atoms with E-state index in [4.69, 9.17) is 4.98 Å². The molecule has 29 heavy (non-hydrogen) atoms. The van der Waals surface area contributed by atoms with Crippen LogP contribution in [0.15, 0.2) is 36.4 Å². The first-order valence-corrected chi connectivity index (χ1v) is 10.5. The molecule has 0 atom stereocenters. The maximum Gasteiger partial charge on any atom is 0.260 e. The van der Waals surface area contributed by atoms with Crippen molar-refractivity contribution >= 4 is 38.4 Å². The van der Waals surface area contributed by atoms with Gasteiger partial charge in [0.25, 0.3) is 5.91 Å². The van der Waals surface area contributed by atoms with Crippen molar-refractivity contribution in [2.75, 3.05) is 32.1 Å². The first kappa shape index (κ1) is 21.1. The molecule has 6 heteroatoms. The third kappa shape index (κ3) is 4.89. The van der Waals surface area contributed by atoms with Crippen LogP contribution in [0, 0.1) is 13.8 Å². The second-order valence-electron chi connectivity index (χ2n) is 7.67. The van der Waals surface area contributed by atoms with Gasteiger partial charge < -0.3 is 4.90 Å². The van der Waals surface area contributed by atoms with Gasteiger partial charge in [0, 0.05) is 17.7 Å². The highest BCUT2D eigenvalue weighted by atomic mass is 32.1. The zero-order chi connectivity index (χ0) is 21.1. The van der Waals surface area contributed by atoms with Crippen LogP contribution in [0.25, 0.3) is 10.2 Å². The zero-order valence-corrected chi connectivity index (χ0v) is 18.5. The monoisotopic (exact) mass is 409 g/mol. The van der Waals surface area contributed by atoms with Crippen molar-refractivity contribution in [1.29, 1.82) is 0 Å². The Balaban J connectivity index is 1.96. The van der Waals surface area contributed by atoms with Crippen LogP contribution < -0.4 is 4.90 Å². The summed E-state index contributed by atoms with van der Waals surface area (Å²) >= 11 is 1.56. The van der Waals surface area contributed by atoms with Crippen molar-refractivity contribution in [3.8, 4) is 0 Å². The van der Waals surface area contributed by atoms with Gasteiger partial charge in [-0.15, -0.1) is 0 Å². The Hall–Kier alpha value is -2.57. The Morgan fingerprint density at radius 1 is 1.00 bits per heavy atom. The number of hydrogen-bond donors (Lipinski definition) is 0. The van der Waals surface area contributed by atoms with Gasteiger partial charge in [0.15, 0.2) is 10.9 Å². The van der Waals surface area contributed by atoms with E-state index in [0.29, 0.717) is 22.8 Å². The molecule has 0 fully saturated rings. The van der Waals surface area contributed by atoms with Crippen LogP contribution in [-0.2, 0) is 0 Å². The summed E-state index contributed by atoms with van der Waals surface area (Å²) in [6, 6.07) is 11.1. The smallest absolute Gasteiger partial charge is 0.260 e. The van der Waals surface area contributed by atoms with E-state index in [1.807, 2.05) is 14.1 Å². The molecule has 3 aromatic rings. The standard InChI is InChI=1S/C23H27N3O2S/c1-15-13-16(2)21-20(14-15)24-23(29-21)26(12-6-11-25(4)5)22(28)19-9-7-18(8-10-19)17(3)27/h7-10,13-14H,6,11-12H2,1-5H3. The Morgan fingerprint density at radius 3 is 2.28 bits per heavy atom. The number of Topliss-reactive ketones (excluding diaryl/α,β-unsaturated/α-hetero) is 1. The molecule has 1 amide bonds. The summed E-state index contributed by atoms with van der Waals surface area (Å²) in [5, 5.41) is 0.716. The van der Waals surface area contributed by atoms with Gasteiger partial charge in [-0.25, -0.2) is 4.98 Å². The molecule has 152 valence electrons. The van der Waals surface area contributed by atoms with Gasteiger partial charge in [0.2, 0.25) is 0 Å². The van der Waals surface area contributed by atoms with E-state index in [1.165, 1.54) is 12.5 Å². The molecule has 0 saturated heterocycles. The molecule has 0 N–H and O–H groups in total.